The van der Waals surface area contributed by atoms with Gasteiger partial charge in [-0.15, -0.1) is 0 Å². The monoisotopic (exact) mass is 467 g/mol. The van der Waals surface area contributed by atoms with Gasteiger partial charge in [-0.2, -0.15) is 13.2 Å². The molecule has 8 nitrogen and oxygen atoms in total. The van der Waals surface area contributed by atoms with Gasteiger partial charge in [0, 0.05) is 39.3 Å². The molecule has 33 heavy (non-hydrogen) atoms. The molecule has 11 heteroatoms. The topological polar surface area (TPSA) is 76.2 Å². The fourth-order valence-corrected chi connectivity index (χ4v) is 4.67. The molecule has 1 unspecified atom stereocenters. The number of benzene rings is 1. The molecule has 0 saturated carbocycles. The van der Waals surface area contributed by atoms with E-state index < -0.39 is 23.7 Å². The number of hydrogen-bond donors (Lipinski definition) is 1. The normalized spacial score (nSPS) is 25.4. The number of urea groups is 1. The molecule has 0 aliphatic carbocycles. The molecule has 3 aliphatic heterocycles. The number of likely N-dealkylation sites (tertiary alicyclic amines) is 1. The van der Waals surface area contributed by atoms with E-state index in [9.17, 15) is 27.6 Å². The Kier molecular flexibility index (Phi) is 6.62. The highest BCUT2D eigenvalue weighted by Gasteiger charge is 2.68. The Balaban J connectivity index is 1.37. The summed E-state index contributed by atoms with van der Waals surface area (Å²) in [7, 11) is 0. The first kappa shape index (κ1) is 23.5. The first-order valence-corrected chi connectivity index (χ1v) is 11.2. The summed E-state index contributed by atoms with van der Waals surface area (Å²) in [5.74, 6) is -1.23. The van der Waals surface area contributed by atoms with E-state index in [4.69, 9.17) is 0 Å². The number of nitrogens with one attached hydrogen (secondary N) is 1. The average Bonchev–Trinajstić information content (AvgIpc) is 3.07. The Morgan fingerprint density at radius 2 is 1.52 bits per heavy atom. The standard InChI is InChI=1S/C22H28F3N5O3/c23-22(24,25)21(17-7-3-1-4-8-17)19(32)30(20(33)26-21)16-28-13-11-27(12-14-28)15-18(31)29-9-5-2-6-10-29/h1,3-4,7-8H,2,5-6,9-16H2,(H,26,33). The van der Waals surface area contributed by atoms with Crippen molar-refractivity contribution in [3.8, 4) is 0 Å². The van der Waals surface area contributed by atoms with Crippen LogP contribution in [0.3, 0.4) is 0 Å². The van der Waals surface area contributed by atoms with Crippen LogP contribution in [-0.2, 0) is 15.1 Å². The number of carbonyl (C=O) groups is 3. The van der Waals surface area contributed by atoms with Crippen LogP contribution in [0.15, 0.2) is 30.3 Å². The third kappa shape index (κ3) is 4.56. The van der Waals surface area contributed by atoms with Crippen molar-refractivity contribution in [2.75, 3.05) is 52.5 Å². The molecule has 1 N–H and O–H groups in total. The number of alkyl halides is 3. The Morgan fingerprint density at radius 3 is 2.12 bits per heavy atom. The second-order valence-electron chi connectivity index (χ2n) is 8.75. The lowest BCUT2D eigenvalue weighted by Gasteiger charge is -2.37. The molecule has 0 bridgehead atoms. The lowest BCUT2D eigenvalue weighted by atomic mass is 9.89. The molecular formula is C22H28F3N5O3. The van der Waals surface area contributed by atoms with Crippen LogP contribution in [0, 0.1) is 0 Å². The molecule has 1 atom stereocenters. The van der Waals surface area contributed by atoms with Crippen LogP contribution in [0.1, 0.15) is 24.8 Å². The number of piperidine rings is 1. The second kappa shape index (κ2) is 9.30. The Morgan fingerprint density at radius 1 is 0.909 bits per heavy atom. The average molecular weight is 467 g/mol. The van der Waals surface area contributed by atoms with Crippen molar-refractivity contribution in [1.82, 2.24) is 24.9 Å². The van der Waals surface area contributed by atoms with Gasteiger partial charge < -0.3 is 10.2 Å². The zero-order chi connectivity index (χ0) is 23.6. The van der Waals surface area contributed by atoms with Crippen molar-refractivity contribution >= 4 is 17.8 Å². The maximum Gasteiger partial charge on any atom is 0.425 e. The SMILES string of the molecule is O=C(CN1CCN(CN2C(=O)NC(c3ccccc3)(C(F)(F)F)C2=O)CC1)N1CCCCC1. The summed E-state index contributed by atoms with van der Waals surface area (Å²) in [6.45, 7) is 3.59. The smallest absolute Gasteiger partial charge is 0.342 e. The number of nitrogens with zero attached hydrogens (tertiary/aromatic N) is 4. The molecule has 4 amide bonds. The molecule has 0 aromatic heterocycles. The van der Waals surface area contributed by atoms with Crippen molar-refractivity contribution in [3.05, 3.63) is 35.9 Å². The van der Waals surface area contributed by atoms with E-state index in [1.807, 2.05) is 15.1 Å². The summed E-state index contributed by atoms with van der Waals surface area (Å²) >= 11 is 0. The minimum absolute atomic E-state index is 0.0927. The predicted molar refractivity (Wildman–Crippen MR) is 113 cm³/mol. The van der Waals surface area contributed by atoms with Crippen molar-refractivity contribution < 1.29 is 27.6 Å². The molecule has 3 saturated heterocycles. The molecule has 0 radical (unpaired) electrons. The van der Waals surface area contributed by atoms with Crippen LogP contribution in [-0.4, -0.2) is 96.1 Å². The number of amides is 4. The lowest BCUT2D eigenvalue weighted by Crippen LogP contribution is -2.56. The maximum atomic E-state index is 14.1. The number of rotatable bonds is 5. The molecule has 1 aromatic carbocycles. The van der Waals surface area contributed by atoms with Gasteiger partial charge in [0.25, 0.3) is 5.91 Å². The number of imide groups is 1. The Hall–Kier alpha value is -2.66. The number of hydrogen-bond acceptors (Lipinski definition) is 5. The summed E-state index contributed by atoms with van der Waals surface area (Å²) in [6, 6.07) is 5.65. The zero-order valence-corrected chi connectivity index (χ0v) is 18.3. The van der Waals surface area contributed by atoms with Crippen molar-refractivity contribution in [3.63, 3.8) is 0 Å². The van der Waals surface area contributed by atoms with Gasteiger partial charge in [-0.25, -0.2) is 9.69 Å². The summed E-state index contributed by atoms with van der Waals surface area (Å²) in [4.78, 5) is 44.2. The van der Waals surface area contributed by atoms with Crippen LogP contribution >= 0.6 is 0 Å². The van der Waals surface area contributed by atoms with Crippen molar-refractivity contribution in [2.24, 2.45) is 0 Å². The van der Waals surface area contributed by atoms with E-state index >= 15 is 0 Å². The van der Waals surface area contributed by atoms with E-state index in [0.29, 0.717) is 37.6 Å². The fourth-order valence-electron chi connectivity index (χ4n) is 4.67. The third-order valence-corrected chi connectivity index (χ3v) is 6.61. The van der Waals surface area contributed by atoms with E-state index in [0.717, 1.165) is 32.4 Å². The van der Waals surface area contributed by atoms with Gasteiger partial charge in [-0.3, -0.25) is 19.4 Å². The summed E-state index contributed by atoms with van der Waals surface area (Å²) in [5, 5.41) is 1.91. The van der Waals surface area contributed by atoms with Crippen LogP contribution in [0.25, 0.3) is 0 Å². The Labute approximate surface area is 190 Å². The first-order valence-electron chi connectivity index (χ1n) is 11.2. The quantitative estimate of drug-likeness (QED) is 0.666. The lowest BCUT2D eigenvalue weighted by molar-refractivity contribution is -0.198. The van der Waals surface area contributed by atoms with E-state index in [1.54, 1.807) is 11.0 Å². The van der Waals surface area contributed by atoms with Gasteiger partial charge >= 0.3 is 12.2 Å². The second-order valence-corrected chi connectivity index (χ2v) is 8.75. The highest BCUT2D eigenvalue weighted by Crippen LogP contribution is 2.43. The number of carbonyl (C=O) groups excluding carboxylic acids is 3. The molecule has 0 spiro atoms. The van der Waals surface area contributed by atoms with Gasteiger partial charge in [0.2, 0.25) is 11.4 Å². The number of halogens is 3. The number of piperazine rings is 1. The highest BCUT2D eigenvalue weighted by atomic mass is 19.4. The highest BCUT2D eigenvalue weighted by molar-refractivity contribution is 6.08. The minimum Gasteiger partial charge on any atom is -0.342 e. The molecule has 3 aliphatic rings. The molecule has 3 fully saturated rings. The van der Waals surface area contributed by atoms with Crippen LogP contribution in [0.4, 0.5) is 18.0 Å². The third-order valence-electron chi connectivity index (χ3n) is 6.61. The van der Waals surface area contributed by atoms with E-state index in [2.05, 4.69) is 0 Å². The maximum absolute atomic E-state index is 14.1. The van der Waals surface area contributed by atoms with E-state index in [-0.39, 0.29) is 18.1 Å². The molecular weight excluding hydrogens is 439 g/mol. The van der Waals surface area contributed by atoms with Crippen LogP contribution in [0.5, 0.6) is 0 Å². The molecule has 3 heterocycles. The van der Waals surface area contributed by atoms with Gasteiger partial charge in [-0.05, 0) is 24.8 Å². The van der Waals surface area contributed by atoms with Gasteiger partial charge in [0.15, 0.2) is 0 Å². The van der Waals surface area contributed by atoms with E-state index in [1.165, 1.54) is 24.3 Å². The molecule has 1 aromatic rings. The van der Waals surface area contributed by atoms with Gasteiger partial charge in [0.05, 0.1) is 13.2 Å². The summed E-state index contributed by atoms with van der Waals surface area (Å²) < 4.78 is 42.3. The first-order chi connectivity index (χ1) is 15.7. The van der Waals surface area contributed by atoms with Gasteiger partial charge in [-0.1, -0.05) is 30.3 Å². The van der Waals surface area contributed by atoms with Crippen molar-refractivity contribution in [1.29, 1.82) is 0 Å². The summed E-state index contributed by atoms with van der Waals surface area (Å²) in [6.07, 6.45) is -1.81. The van der Waals surface area contributed by atoms with Crippen molar-refractivity contribution in [2.45, 2.75) is 31.0 Å². The van der Waals surface area contributed by atoms with Crippen LogP contribution in [0.2, 0.25) is 0 Å². The van der Waals surface area contributed by atoms with Gasteiger partial charge in [0.1, 0.15) is 0 Å². The minimum atomic E-state index is -5.00. The summed E-state index contributed by atoms with van der Waals surface area (Å²) in [5.41, 5.74) is -3.41. The van der Waals surface area contributed by atoms with Crippen LogP contribution < -0.4 is 5.32 Å². The Bertz CT molecular complexity index is 883. The molecule has 180 valence electrons. The predicted octanol–water partition coefficient (Wildman–Crippen LogP) is 1.58. The largest absolute Gasteiger partial charge is 0.425 e. The molecule has 4 rings (SSSR count). The zero-order valence-electron chi connectivity index (χ0n) is 18.3. The fraction of sp³-hybridized carbons (Fsp3) is 0.591.